The molecule has 0 bridgehead atoms. The van der Waals surface area contributed by atoms with Gasteiger partial charge in [0.25, 0.3) is 0 Å². The van der Waals surface area contributed by atoms with E-state index in [0.717, 1.165) is 19.5 Å². The number of nitrogens with one attached hydrogen (secondary N) is 1. The molecule has 116 valence electrons. The Morgan fingerprint density at radius 2 is 2.05 bits per heavy atom. The fourth-order valence-electron chi connectivity index (χ4n) is 2.92. The third kappa shape index (κ3) is 3.53. The van der Waals surface area contributed by atoms with Crippen molar-refractivity contribution in [3.8, 4) is 0 Å². The Morgan fingerprint density at radius 3 is 2.67 bits per heavy atom. The maximum atomic E-state index is 13.9. The zero-order valence-electron chi connectivity index (χ0n) is 12.7. The van der Waals surface area contributed by atoms with E-state index in [1.165, 1.54) is 6.07 Å². The van der Waals surface area contributed by atoms with E-state index in [-0.39, 0.29) is 5.82 Å². The SMILES string of the molecule is CC(C)N1CCCC(Nc2ccccc2F)(C(N)=O)CC1. The second kappa shape index (κ2) is 6.43. The average molecular weight is 293 g/mol. The highest BCUT2D eigenvalue weighted by molar-refractivity contribution is 5.88. The molecule has 21 heavy (non-hydrogen) atoms. The van der Waals surface area contributed by atoms with Crippen molar-refractivity contribution in [2.24, 2.45) is 5.73 Å². The summed E-state index contributed by atoms with van der Waals surface area (Å²) in [6.45, 7) is 6.00. The highest BCUT2D eigenvalue weighted by Crippen LogP contribution is 2.28. The first-order valence-electron chi connectivity index (χ1n) is 7.51. The van der Waals surface area contributed by atoms with Crippen LogP contribution in [0.5, 0.6) is 0 Å². The van der Waals surface area contributed by atoms with E-state index in [2.05, 4.69) is 24.1 Å². The number of nitrogens with zero attached hydrogens (tertiary/aromatic N) is 1. The van der Waals surface area contributed by atoms with Gasteiger partial charge in [-0.25, -0.2) is 4.39 Å². The zero-order valence-corrected chi connectivity index (χ0v) is 12.7. The number of halogens is 1. The number of likely N-dealkylation sites (tertiary alicyclic amines) is 1. The zero-order chi connectivity index (χ0) is 15.5. The number of hydrogen-bond acceptors (Lipinski definition) is 3. The van der Waals surface area contributed by atoms with Crippen LogP contribution in [0.25, 0.3) is 0 Å². The topological polar surface area (TPSA) is 58.4 Å². The van der Waals surface area contributed by atoms with Gasteiger partial charge >= 0.3 is 0 Å². The van der Waals surface area contributed by atoms with Crippen molar-refractivity contribution in [3.63, 3.8) is 0 Å². The van der Waals surface area contributed by atoms with Gasteiger partial charge in [0.05, 0.1) is 5.69 Å². The van der Waals surface area contributed by atoms with Crippen LogP contribution in [0.1, 0.15) is 33.1 Å². The number of benzene rings is 1. The van der Waals surface area contributed by atoms with Crippen molar-refractivity contribution in [2.45, 2.75) is 44.7 Å². The lowest BCUT2D eigenvalue weighted by Gasteiger charge is -2.32. The number of carbonyl (C=O) groups is 1. The van der Waals surface area contributed by atoms with Gasteiger partial charge in [-0.1, -0.05) is 12.1 Å². The molecule has 0 aromatic heterocycles. The maximum Gasteiger partial charge on any atom is 0.243 e. The Kier molecular flexibility index (Phi) is 4.83. The van der Waals surface area contributed by atoms with E-state index in [0.29, 0.717) is 24.6 Å². The first-order chi connectivity index (χ1) is 9.94. The Hall–Kier alpha value is -1.62. The van der Waals surface area contributed by atoms with E-state index < -0.39 is 11.4 Å². The smallest absolute Gasteiger partial charge is 0.243 e. The molecule has 1 saturated heterocycles. The molecule has 1 unspecified atom stereocenters. The Bertz CT molecular complexity index is 506. The summed E-state index contributed by atoms with van der Waals surface area (Å²) in [6, 6.07) is 6.84. The number of nitrogens with two attached hydrogens (primary N) is 1. The van der Waals surface area contributed by atoms with E-state index in [1.807, 2.05) is 0 Å². The minimum absolute atomic E-state index is 0.342. The van der Waals surface area contributed by atoms with Gasteiger partial charge in [0.1, 0.15) is 11.4 Å². The van der Waals surface area contributed by atoms with Crippen molar-refractivity contribution in [1.29, 1.82) is 0 Å². The second-order valence-electron chi connectivity index (χ2n) is 6.03. The van der Waals surface area contributed by atoms with Gasteiger partial charge in [-0.15, -0.1) is 0 Å². The van der Waals surface area contributed by atoms with Crippen LogP contribution in [0.15, 0.2) is 24.3 Å². The van der Waals surface area contributed by atoms with Crippen molar-refractivity contribution in [1.82, 2.24) is 4.90 Å². The molecule has 1 amide bonds. The lowest BCUT2D eigenvalue weighted by atomic mass is 9.89. The predicted octanol–water partition coefficient (Wildman–Crippen LogP) is 2.36. The number of para-hydroxylation sites is 1. The van der Waals surface area contributed by atoms with Gasteiger partial charge in [0.15, 0.2) is 0 Å². The average Bonchev–Trinajstić information content (AvgIpc) is 2.65. The summed E-state index contributed by atoms with van der Waals surface area (Å²) in [6.07, 6.45) is 2.08. The summed E-state index contributed by atoms with van der Waals surface area (Å²) in [5.74, 6) is -0.764. The monoisotopic (exact) mass is 293 g/mol. The number of anilines is 1. The lowest BCUT2D eigenvalue weighted by Crippen LogP contribution is -2.51. The largest absolute Gasteiger partial charge is 0.369 e. The number of hydrogen-bond donors (Lipinski definition) is 2. The van der Waals surface area contributed by atoms with E-state index in [1.54, 1.807) is 18.2 Å². The molecule has 0 radical (unpaired) electrons. The molecule has 1 aliphatic rings. The summed E-state index contributed by atoms with van der Waals surface area (Å²) in [7, 11) is 0. The van der Waals surface area contributed by atoms with Crippen molar-refractivity contribution in [3.05, 3.63) is 30.1 Å². The molecular weight excluding hydrogens is 269 g/mol. The van der Waals surface area contributed by atoms with E-state index in [9.17, 15) is 9.18 Å². The molecule has 0 aliphatic carbocycles. The Morgan fingerprint density at radius 1 is 1.33 bits per heavy atom. The highest BCUT2D eigenvalue weighted by Gasteiger charge is 2.38. The summed E-state index contributed by atoms with van der Waals surface area (Å²) in [4.78, 5) is 14.4. The van der Waals surface area contributed by atoms with Crippen molar-refractivity contribution in [2.75, 3.05) is 18.4 Å². The molecule has 0 spiro atoms. The van der Waals surface area contributed by atoms with E-state index >= 15 is 0 Å². The quantitative estimate of drug-likeness (QED) is 0.896. The van der Waals surface area contributed by atoms with E-state index in [4.69, 9.17) is 5.73 Å². The van der Waals surface area contributed by atoms with Crippen molar-refractivity contribution < 1.29 is 9.18 Å². The third-order valence-corrected chi connectivity index (χ3v) is 4.32. The molecule has 1 heterocycles. The lowest BCUT2D eigenvalue weighted by molar-refractivity contribution is -0.122. The normalized spacial score (nSPS) is 23.8. The fourth-order valence-corrected chi connectivity index (χ4v) is 2.92. The van der Waals surface area contributed by atoms with Gasteiger partial charge in [0, 0.05) is 12.6 Å². The van der Waals surface area contributed by atoms with Crippen LogP contribution in [-0.2, 0) is 4.79 Å². The minimum atomic E-state index is -0.869. The fraction of sp³-hybridized carbons (Fsp3) is 0.562. The molecule has 1 fully saturated rings. The molecule has 1 aromatic carbocycles. The minimum Gasteiger partial charge on any atom is -0.369 e. The van der Waals surface area contributed by atoms with Crippen LogP contribution in [-0.4, -0.2) is 35.5 Å². The molecule has 2 rings (SSSR count). The number of carbonyl (C=O) groups excluding carboxylic acids is 1. The number of rotatable bonds is 4. The third-order valence-electron chi connectivity index (χ3n) is 4.32. The maximum absolute atomic E-state index is 13.9. The molecule has 1 aliphatic heterocycles. The molecule has 5 heteroatoms. The molecule has 3 N–H and O–H groups in total. The molecule has 1 atom stereocenters. The van der Waals surface area contributed by atoms with Gasteiger partial charge in [-0.2, -0.15) is 0 Å². The van der Waals surface area contributed by atoms with Crippen molar-refractivity contribution >= 4 is 11.6 Å². The summed E-state index contributed by atoms with van der Waals surface area (Å²) >= 11 is 0. The van der Waals surface area contributed by atoms with Gasteiger partial charge < -0.3 is 16.0 Å². The molecule has 1 aromatic rings. The van der Waals surface area contributed by atoms with Crippen LogP contribution < -0.4 is 11.1 Å². The summed E-state index contributed by atoms with van der Waals surface area (Å²) in [5.41, 5.74) is 5.12. The van der Waals surface area contributed by atoms with Crippen LogP contribution >= 0.6 is 0 Å². The first-order valence-corrected chi connectivity index (χ1v) is 7.51. The number of primary amides is 1. The van der Waals surface area contributed by atoms with Gasteiger partial charge in [-0.3, -0.25) is 4.79 Å². The Labute approximate surface area is 125 Å². The van der Waals surface area contributed by atoms with Crippen LogP contribution in [0.2, 0.25) is 0 Å². The van der Waals surface area contributed by atoms with Gasteiger partial charge in [-0.05, 0) is 51.8 Å². The summed E-state index contributed by atoms with van der Waals surface area (Å²) < 4.78 is 13.9. The molecule has 0 saturated carbocycles. The van der Waals surface area contributed by atoms with Crippen LogP contribution in [0, 0.1) is 5.82 Å². The molecular formula is C16H24FN3O. The highest BCUT2D eigenvalue weighted by atomic mass is 19.1. The standard InChI is InChI=1S/C16H24FN3O/c1-12(2)20-10-5-8-16(9-11-20,15(18)21)19-14-7-4-3-6-13(14)17/h3-4,6-7,12,19H,5,8-11H2,1-2H3,(H2,18,21). The summed E-state index contributed by atoms with van der Waals surface area (Å²) in [5, 5.41) is 3.09. The van der Waals surface area contributed by atoms with Crippen LogP contribution in [0.3, 0.4) is 0 Å². The predicted molar refractivity (Wildman–Crippen MR) is 82.5 cm³/mol. The number of amides is 1. The first kappa shape index (κ1) is 15.8. The molecule has 4 nitrogen and oxygen atoms in total. The van der Waals surface area contributed by atoms with Gasteiger partial charge in [0.2, 0.25) is 5.91 Å². The second-order valence-corrected chi connectivity index (χ2v) is 6.03. The van der Waals surface area contributed by atoms with Crippen LogP contribution in [0.4, 0.5) is 10.1 Å². The Balaban J connectivity index is 2.21.